The van der Waals surface area contributed by atoms with Crippen LogP contribution in [-0.2, 0) is 11.3 Å². The van der Waals surface area contributed by atoms with Crippen molar-refractivity contribution in [2.24, 2.45) is 11.7 Å². The summed E-state index contributed by atoms with van der Waals surface area (Å²) in [4.78, 5) is 12.1. The van der Waals surface area contributed by atoms with Crippen molar-refractivity contribution < 1.29 is 14.3 Å². The number of amides is 1. The molecule has 1 fully saturated rings. The molecule has 3 N–H and O–H groups in total. The fraction of sp³-hybridized carbons (Fsp3) is 0.611. The van der Waals surface area contributed by atoms with Crippen LogP contribution in [0.4, 0.5) is 0 Å². The van der Waals surface area contributed by atoms with Gasteiger partial charge in [0.15, 0.2) is 11.5 Å². The second kappa shape index (κ2) is 8.20. The van der Waals surface area contributed by atoms with Crippen LogP contribution in [0.15, 0.2) is 18.2 Å². The molecule has 1 amide bonds. The lowest BCUT2D eigenvalue weighted by atomic mass is 10.0. The van der Waals surface area contributed by atoms with Crippen LogP contribution in [0.2, 0.25) is 0 Å². The Morgan fingerprint density at radius 3 is 2.65 bits per heavy atom. The van der Waals surface area contributed by atoms with Crippen molar-refractivity contribution in [1.82, 2.24) is 5.32 Å². The second-order valence-electron chi connectivity index (χ2n) is 6.34. The zero-order valence-corrected chi connectivity index (χ0v) is 14.3. The number of carbonyl (C=O) groups excluding carboxylic acids is 1. The number of hydrogen-bond donors (Lipinski definition) is 2. The molecule has 0 aliphatic heterocycles. The summed E-state index contributed by atoms with van der Waals surface area (Å²) in [6.45, 7) is 4.08. The zero-order chi connectivity index (χ0) is 16.8. The second-order valence-corrected chi connectivity index (χ2v) is 6.34. The molecule has 0 aromatic heterocycles. The number of hydrogen-bond acceptors (Lipinski definition) is 4. The topological polar surface area (TPSA) is 73.6 Å². The smallest absolute Gasteiger partial charge is 0.224 e. The Morgan fingerprint density at radius 1 is 1.35 bits per heavy atom. The van der Waals surface area contributed by atoms with Crippen LogP contribution < -0.4 is 20.5 Å². The minimum absolute atomic E-state index is 0.0466. The molecule has 2 unspecified atom stereocenters. The van der Waals surface area contributed by atoms with E-state index in [2.05, 4.69) is 5.32 Å². The first-order valence-electron chi connectivity index (χ1n) is 8.38. The molecular weight excluding hydrogens is 292 g/mol. The number of nitrogens with two attached hydrogens (primary N) is 1. The van der Waals surface area contributed by atoms with E-state index in [0.29, 0.717) is 12.3 Å². The average molecular weight is 320 g/mol. The molecule has 23 heavy (non-hydrogen) atoms. The van der Waals surface area contributed by atoms with Gasteiger partial charge in [-0.05, 0) is 38.7 Å². The van der Waals surface area contributed by atoms with Gasteiger partial charge < -0.3 is 20.5 Å². The zero-order valence-electron chi connectivity index (χ0n) is 14.3. The van der Waals surface area contributed by atoms with E-state index < -0.39 is 0 Å². The van der Waals surface area contributed by atoms with Gasteiger partial charge in [-0.2, -0.15) is 0 Å². The van der Waals surface area contributed by atoms with E-state index in [1.165, 1.54) is 12.8 Å². The highest BCUT2D eigenvalue weighted by molar-refractivity contribution is 5.79. The largest absolute Gasteiger partial charge is 0.493 e. The summed E-state index contributed by atoms with van der Waals surface area (Å²) in [7, 11) is 1.64. The van der Waals surface area contributed by atoms with Crippen molar-refractivity contribution in [3.63, 3.8) is 0 Å². The number of benzene rings is 1. The average Bonchev–Trinajstić information content (AvgIpc) is 3.05. The summed E-state index contributed by atoms with van der Waals surface area (Å²) in [5.74, 6) is 1.19. The van der Waals surface area contributed by atoms with Crippen molar-refractivity contribution in [3.8, 4) is 11.5 Å². The summed E-state index contributed by atoms with van der Waals surface area (Å²) in [5.41, 5.74) is 6.72. The van der Waals surface area contributed by atoms with Crippen LogP contribution in [-0.4, -0.2) is 25.2 Å². The minimum atomic E-state index is -0.222. The summed E-state index contributed by atoms with van der Waals surface area (Å²) in [6, 6.07) is 5.59. The Kier molecular flexibility index (Phi) is 6.28. The summed E-state index contributed by atoms with van der Waals surface area (Å²) in [6.07, 6.45) is 4.80. The van der Waals surface area contributed by atoms with Crippen LogP contribution in [0.3, 0.4) is 0 Å². The lowest BCUT2D eigenvalue weighted by Gasteiger charge is -2.20. The Bertz CT molecular complexity index is 525. The van der Waals surface area contributed by atoms with Crippen molar-refractivity contribution in [2.75, 3.05) is 7.11 Å². The highest BCUT2D eigenvalue weighted by atomic mass is 16.5. The third kappa shape index (κ3) is 4.61. The molecule has 1 aliphatic rings. The molecule has 1 saturated carbocycles. The molecule has 2 rings (SSSR count). The molecule has 2 atom stereocenters. The maximum atomic E-state index is 12.1. The van der Waals surface area contributed by atoms with Crippen molar-refractivity contribution in [1.29, 1.82) is 0 Å². The predicted molar refractivity (Wildman–Crippen MR) is 90.5 cm³/mol. The highest BCUT2D eigenvalue weighted by Gasteiger charge is 2.21. The van der Waals surface area contributed by atoms with Crippen LogP contribution in [0.1, 0.15) is 45.1 Å². The SMILES string of the molecule is COc1cccc(CNC(=O)C(C)C(C)N)c1OC1CCCC1. The van der Waals surface area contributed by atoms with Gasteiger partial charge in [0.1, 0.15) is 0 Å². The first-order valence-corrected chi connectivity index (χ1v) is 8.38. The molecule has 5 nitrogen and oxygen atoms in total. The molecule has 0 radical (unpaired) electrons. The Morgan fingerprint density at radius 2 is 2.04 bits per heavy atom. The Labute approximate surface area is 138 Å². The molecule has 128 valence electrons. The monoisotopic (exact) mass is 320 g/mol. The van der Waals surface area contributed by atoms with E-state index >= 15 is 0 Å². The van der Waals surface area contributed by atoms with Crippen molar-refractivity contribution in [3.05, 3.63) is 23.8 Å². The van der Waals surface area contributed by atoms with Crippen molar-refractivity contribution >= 4 is 5.91 Å². The molecule has 5 heteroatoms. The third-order valence-electron chi connectivity index (χ3n) is 4.52. The molecule has 0 bridgehead atoms. The van der Waals surface area contributed by atoms with E-state index in [4.69, 9.17) is 15.2 Å². The van der Waals surface area contributed by atoms with Gasteiger partial charge >= 0.3 is 0 Å². The number of rotatable bonds is 7. The van der Waals surface area contributed by atoms with E-state index in [0.717, 1.165) is 24.2 Å². The summed E-state index contributed by atoms with van der Waals surface area (Å²) < 4.78 is 11.6. The molecular formula is C18H28N2O3. The van der Waals surface area contributed by atoms with Gasteiger partial charge in [0, 0.05) is 24.1 Å². The predicted octanol–water partition coefficient (Wildman–Crippen LogP) is 2.62. The fourth-order valence-corrected chi connectivity index (χ4v) is 2.75. The number of nitrogens with one attached hydrogen (secondary N) is 1. The molecule has 1 aromatic carbocycles. The van der Waals surface area contributed by atoms with Gasteiger partial charge in [0.2, 0.25) is 5.91 Å². The van der Waals surface area contributed by atoms with Crippen LogP contribution >= 0.6 is 0 Å². The third-order valence-corrected chi connectivity index (χ3v) is 4.52. The molecule has 1 aromatic rings. The van der Waals surface area contributed by atoms with Crippen LogP contribution in [0.5, 0.6) is 11.5 Å². The number of carbonyl (C=O) groups is 1. The molecule has 0 heterocycles. The molecule has 0 spiro atoms. The van der Waals surface area contributed by atoms with Gasteiger partial charge in [-0.25, -0.2) is 0 Å². The number of ether oxygens (including phenoxy) is 2. The lowest BCUT2D eigenvalue weighted by molar-refractivity contribution is -0.125. The van der Waals surface area contributed by atoms with E-state index in [9.17, 15) is 4.79 Å². The van der Waals surface area contributed by atoms with Gasteiger partial charge in [-0.1, -0.05) is 19.1 Å². The van der Waals surface area contributed by atoms with Gasteiger partial charge in [0.25, 0.3) is 0 Å². The Hall–Kier alpha value is -1.75. The fourth-order valence-electron chi connectivity index (χ4n) is 2.75. The lowest BCUT2D eigenvalue weighted by Crippen LogP contribution is -2.38. The van der Waals surface area contributed by atoms with E-state index in [1.807, 2.05) is 32.0 Å². The maximum absolute atomic E-state index is 12.1. The summed E-state index contributed by atoms with van der Waals surface area (Å²) >= 11 is 0. The van der Waals surface area contributed by atoms with E-state index in [1.54, 1.807) is 7.11 Å². The van der Waals surface area contributed by atoms with E-state index in [-0.39, 0.29) is 24.0 Å². The molecule has 1 aliphatic carbocycles. The standard InChI is InChI=1S/C18H28N2O3/c1-12(13(2)19)18(21)20-11-14-7-6-10-16(22-3)17(14)23-15-8-4-5-9-15/h6-7,10,12-13,15H,4-5,8-9,11,19H2,1-3H3,(H,20,21). The number of para-hydroxylation sites is 1. The van der Waals surface area contributed by atoms with Crippen LogP contribution in [0.25, 0.3) is 0 Å². The highest BCUT2D eigenvalue weighted by Crippen LogP contribution is 2.34. The minimum Gasteiger partial charge on any atom is -0.493 e. The van der Waals surface area contributed by atoms with Crippen LogP contribution in [0, 0.1) is 5.92 Å². The van der Waals surface area contributed by atoms with Crippen molar-refractivity contribution in [2.45, 2.75) is 58.2 Å². The Balaban J connectivity index is 2.09. The molecule has 0 saturated heterocycles. The first kappa shape index (κ1) is 17.6. The van der Waals surface area contributed by atoms with Gasteiger partial charge in [0.05, 0.1) is 13.2 Å². The first-order chi connectivity index (χ1) is 11.0. The quantitative estimate of drug-likeness (QED) is 0.810. The van der Waals surface area contributed by atoms with Gasteiger partial charge in [-0.15, -0.1) is 0 Å². The number of methoxy groups -OCH3 is 1. The summed E-state index contributed by atoms with van der Waals surface area (Å²) in [5, 5.41) is 2.94. The maximum Gasteiger partial charge on any atom is 0.224 e. The normalized spacial score (nSPS) is 17.6. The van der Waals surface area contributed by atoms with Gasteiger partial charge in [-0.3, -0.25) is 4.79 Å².